The fourth-order valence-corrected chi connectivity index (χ4v) is 3.00. The van der Waals surface area contributed by atoms with E-state index in [0.717, 1.165) is 44.1 Å². The van der Waals surface area contributed by atoms with E-state index in [2.05, 4.69) is 10.6 Å². The smallest absolute Gasteiger partial charge is 0.251 e. The molecule has 5 nitrogen and oxygen atoms in total. The standard InChI is InChI=1S/C18H26N2O3/c1-13-7-8-15(11-16(13)20-14(2)21)17(22)19-12-18(23)9-5-3-4-6-10-18/h7-8,11,23H,3-6,9-10,12H2,1-2H3,(H,19,22)(H,20,21). The lowest BCUT2D eigenvalue weighted by molar-refractivity contribution is -0.114. The van der Waals surface area contributed by atoms with Crippen molar-refractivity contribution in [3.8, 4) is 0 Å². The first-order valence-electron chi connectivity index (χ1n) is 8.28. The number of rotatable bonds is 4. The normalized spacial score (nSPS) is 17.2. The predicted octanol–water partition coefficient (Wildman–Crippen LogP) is 2.77. The molecule has 2 amide bonds. The summed E-state index contributed by atoms with van der Waals surface area (Å²) in [6.07, 6.45) is 5.77. The third-order valence-electron chi connectivity index (χ3n) is 4.42. The molecule has 1 aliphatic carbocycles. The lowest BCUT2D eigenvalue weighted by Crippen LogP contribution is -2.42. The van der Waals surface area contributed by atoms with Crippen molar-refractivity contribution in [2.24, 2.45) is 0 Å². The van der Waals surface area contributed by atoms with Crippen molar-refractivity contribution in [2.45, 2.75) is 58.0 Å². The third kappa shape index (κ3) is 5.06. The first-order chi connectivity index (χ1) is 10.9. The summed E-state index contributed by atoms with van der Waals surface area (Å²) in [7, 11) is 0. The fraction of sp³-hybridized carbons (Fsp3) is 0.556. The van der Waals surface area contributed by atoms with Crippen LogP contribution < -0.4 is 10.6 Å². The van der Waals surface area contributed by atoms with Crippen LogP contribution in [0.2, 0.25) is 0 Å². The van der Waals surface area contributed by atoms with Crippen molar-refractivity contribution >= 4 is 17.5 Å². The number of aliphatic hydroxyl groups is 1. The van der Waals surface area contributed by atoms with Gasteiger partial charge >= 0.3 is 0 Å². The molecule has 5 heteroatoms. The molecule has 0 aliphatic heterocycles. The molecule has 0 spiro atoms. The van der Waals surface area contributed by atoms with E-state index in [1.807, 2.05) is 6.92 Å². The molecule has 0 bridgehead atoms. The van der Waals surface area contributed by atoms with Crippen molar-refractivity contribution in [1.29, 1.82) is 0 Å². The topological polar surface area (TPSA) is 78.4 Å². The Morgan fingerprint density at radius 1 is 1.17 bits per heavy atom. The Balaban J connectivity index is 2.01. The van der Waals surface area contributed by atoms with Crippen LogP contribution in [0, 0.1) is 6.92 Å². The maximum absolute atomic E-state index is 12.3. The second kappa shape index (κ2) is 7.59. The number of hydrogen-bond donors (Lipinski definition) is 3. The van der Waals surface area contributed by atoms with E-state index in [0.29, 0.717) is 11.3 Å². The molecule has 1 aliphatic rings. The summed E-state index contributed by atoms with van der Waals surface area (Å²) in [6.45, 7) is 3.59. The lowest BCUT2D eigenvalue weighted by Gasteiger charge is -2.26. The van der Waals surface area contributed by atoms with Crippen LogP contribution in [-0.4, -0.2) is 29.1 Å². The van der Waals surface area contributed by atoms with Gasteiger partial charge in [0.05, 0.1) is 5.60 Å². The SMILES string of the molecule is CC(=O)Nc1cc(C(=O)NCC2(O)CCCCCC2)ccc1C. The van der Waals surface area contributed by atoms with Crippen LogP contribution in [0.5, 0.6) is 0 Å². The van der Waals surface area contributed by atoms with Gasteiger partial charge < -0.3 is 15.7 Å². The van der Waals surface area contributed by atoms with Crippen LogP contribution in [0.25, 0.3) is 0 Å². The van der Waals surface area contributed by atoms with Gasteiger partial charge in [-0.3, -0.25) is 9.59 Å². The Kier molecular flexibility index (Phi) is 5.77. The van der Waals surface area contributed by atoms with E-state index < -0.39 is 5.60 Å². The van der Waals surface area contributed by atoms with Crippen LogP contribution >= 0.6 is 0 Å². The maximum Gasteiger partial charge on any atom is 0.251 e. The molecule has 0 unspecified atom stereocenters. The highest BCUT2D eigenvalue weighted by molar-refractivity contribution is 5.97. The second-order valence-electron chi connectivity index (χ2n) is 6.53. The lowest BCUT2D eigenvalue weighted by atomic mass is 9.94. The van der Waals surface area contributed by atoms with E-state index in [9.17, 15) is 14.7 Å². The van der Waals surface area contributed by atoms with Gasteiger partial charge in [0.15, 0.2) is 0 Å². The molecular formula is C18H26N2O3. The number of amides is 2. The van der Waals surface area contributed by atoms with Crippen LogP contribution in [0.4, 0.5) is 5.69 Å². The van der Waals surface area contributed by atoms with Crippen LogP contribution in [0.3, 0.4) is 0 Å². The molecule has 23 heavy (non-hydrogen) atoms. The van der Waals surface area contributed by atoms with Gasteiger partial charge in [0.2, 0.25) is 5.91 Å². The van der Waals surface area contributed by atoms with Gasteiger partial charge in [0, 0.05) is 24.7 Å². The highest BCUT2D eigenvalue weighted by Gasteiger charge is 2.28. The molecule has 1 aromatic carbocycles. The minimum absolute atomic E-state index is 0.168. The molecule has 0 heterocycles. The van der Waals surface area contributed by atoms with Gasteiger partial charge in [-0.2, -0.15) is 0 Å². The zero-order chi connectivity index (χ0) is 16.9. The molecular weight excluding hydrogens is 292 g/mol. The van der Waals surface area contributed by atoms with E-state index in [1.165, 1.54) is 6.92 Å². The minimum atomic E-state index is -0.794. The van der Waals surface area contributed by atoms with Crippen LogP contribution in [0.15, 0.2) is 18.2 Å². The van der Waals surface area contributed by atoms with Crippen molar-refractivity contribution in [2.75, 3.05) is 11.9 Å². The number of hydrogen-bond acceptors (Lipinski definition) is 3. The van der Waals surface area contributed by atoms with E-state index in [-0.39, 0.29) is 18.4 Å². The predicted molar refractivity (Wildman–Crippen MR) is 90.5 cm³/mol. The van der Waals surface area contributed by atoms with E-state index >= 15 is 0 Å². The van der Waals surface area contributed by atoms with Gasteiger partial charge in [-0.15, -0.1) is 0 Å². The molecule has 126 valence electrons. The molecule has 2 rings (SSSR count). The number of benzene rings is 1. The molecule has 1 fully saturated rings. The average molecular weight is 318 g/mol. The van der Waals surface area contributed by atoms with Crippen LogP contribution in [0.1, 0.15) is 61.4 Å². The average Bonchev–Trinajstić information content (AvgIpc) is 2.72. The molecule has 0 radical (unpaired) electrons. The van der Waals surface area contributed by atoms with Crippen molar-refractivity contribution in [3.05, 3.63) is 29.3 Å². The number of carbonyl (C=O) groups is 2. The summed E-state index contributed by atoms with van der Waals surface area (Å²) < 4.78 is 0. The monoisotopic (exact) mass is 318 g/mol. The Morgan fingerprint density at radius 2 is 1.83 bits per heavy atom. The summed E-state index contributed by atoms with van der Waals surface area (Å²) in [5, 5.41) is 16.1. The second-order valence-corrected chi connectivity index (χ2v) is 6.53. The van der Waals surface area contributed by atoms with Gasteiger partial charge in [-0.05, 0) is 37.5 Å². The summed E-state index contributed by atoms with van der Waals surface area (Å²) >= 11 is 0. The molecule has 1 saturated carbocycles. The highest BCUT2D eigenvalue weighted by atomic mass is 16.3. The third-order valence-corrected chi connectivity index (χ3v) is 4.42. The van der Waals surface area contributed by atoms with Gasteiger partial charge in [-0.1, -0.05) is 31.7 Å². The number of nitrogens with one attached hydrogen (secondary N) is 2. The Labute approximate surface area is 137 Å². The van der Waals surface area contributed by atoms with Gasteiger partial charge in [-0.25, -0.2) is 0 Å². The largest absolute Gasteiger partial charge is 0.388 e. The van der Waals surface area contributed by atoms with Crippen molar-refractivity contribution in [1.82, 2.24) is 5.32 Å². The zero-order valence-electron chi connectivity index (χ0n) is 13.9. The number of carbonyl (C=O) groups excluding carboxylic acids is 2. The number of aryl methyl sites for hydroxylation is 1. The van der Waals surface area contributed by atoms with E-state index in [1.54, 1.807) is 18.2 Å². The Bertz CT molecular complexity index is 576. The molecule has 0 atom stereocenters. The minimum Gasteiger partial charge on any atom is -0.388 e. The van der Waals surface area contributed by atoms with Crippen LogP contribution in [-0.2, 0) is 4.79 Å². The summed E-state index contributed by atoms with van der Waals surface area (Å²) in [5.74, 6) is -0.396. The zero-order valence-corrected chi connectivity index (χ0v) is 13.9. The quantitative estimate of drug-likeness (QED) is 0.747. The Hall–Kier alpha value is -1.88. The number of anilines is 1. The Morgan fingerprint density at radius 3 is 2.43 bits per heavy atom. The van der Waals surface area contributed by atoms with Gasteiger partial charge in [0.25, 0.3) is 5.91 Å². The summed E-state index contributed by atoms with van der Waals surface area (Å²) in [5.41, 5.74) is 1.23. The molecule has 1 aromatic rings. The molecule has 3 N–H and O–H groups in total. The van der Waals surface area contributed by atoms with Crippen molar-refractivity contribution < 1.29 is 14.7 Å². The highest BCUT2D eigenvalue weighted by Crippen LogP contribution is 2.26. The fourth-order valence-electron chi connectivity index (χ4n) is 3.00. The first kappa shape index (κ1) is 17.5. The van der Waals surface area contributed by atoms with Crippen molar-refractivity contribution in [3.63, 3.8) is 0 Å². The summed E-state index contributed by atoms with van der Waals surface area (Å²) in [6, 6.07) is 5.21. The summed E-state index contributed by atoms with van der Waals surface area (Å²) in [4.78, 5) is 23.5. The van der Waals surface area contributed by atoms with E-state index in [4.69, 9.17) is 0 Å². The maximum atomic E-state index is 12.3. The first-order valence-corrected chi connectivity index (χ1v) is 8.28. The molecule has 0 aromatic heterocycles. The van der Waals surface area contributed by atoms with Gasteiger partial charge in [0.1, 0.15) is 0 Å². The molecule has 0 saturated heterocycles.